The van der Waals surface area contributed by atoms with Crippen molar-refractivity contribution >= 4 is 33.0 Å². The number of nitrogens with zero attached hydrogens (tertiary/aromatic N) is 5. The second kappa shape index (κ2) is 6.24. The molecular weight excluding hydrogens is 260 g/mol. The Kier molecular flexibility index (Phi) is 4.94. The van der Waals surface area contributed by atoms with Crippen molar-refractivity contribution in [3.05, 3.63) is 24.3 Å². The van der Waals surface area contributed by atoms with Gasteiger partial charge in [-0.15, -0.1) is 4.68 Å². The van der Waals surface area contributed by atoms with Crippen LogP contribution in [0.5, 0.6) is 0 Å². The van der Waals surface area contributed by atoms with E-state index >= 15 is 0 Å². The van der Waals surface area contributed by atoms with Gasteiger partial charge in [0, 0.05) is 19.8 Å². The molecule has 0 fully saturated rings. The number of nitrogens with two attached hydrogens (primary N) is 1. The lowest BCUT2D eigenvalue weighted by atomic mass is 10.3. The second-order valence-electron chi connectivity index (χ2n) is 3.96. The topological polar surface area (TPSA) is 70.8 Å². The molecule has 102 valence electrons. The summed E-state index contributed by atoms with van der Waals surface area (Å²) in [6.45, 7) is 0. The van der Waals surface area contributed by atoms with E-state index in [4.69, 9.17) is 5.73 Å². The van der Waals surface area contributed by atoms with Crippen LogP contribution >= 0.6 is 11.3 Å². The Bertz CT molecular complexity index is 558. The van der Waals surface area contributed by atoms with Crippen molar-refractivity contribution in [2.24, 2.45) is 17.3 Å². The molecule has 6 nitrogen and oxygen atoms in total. The van der Waals surface area contributed by atoms with Gasteiger partial charge in [-0.2, -0.15) is 0 Å². The molecule has 1 aromatic heterocycles. The van der Waals surface area contributed by atoms with E-state index in [0.717, 1.165) is 11.4 Å². The average Bonchev–Trinajstić information content (AvgIpc) is 2.66. The second-order valence-corrected chi connectivity index (χ2v) is 4.94. The smallest absolute Gasteiger partial charge is 0.378 e. The van der Waals surface area contributed by atoms with Crippen LogP contribution < -0.4 is 15.3 Å². The third-order valence-corrected chi connectivity index (χ3v) is 3.16. The Morgan fingerprint density at radius 1 is 1.21 bits per heavy atom. The number of rotatable bonds is 3. The number of anilines is 2. The van der Waals surface area contributed by atoms with Gasteiger partial charge in [-0.3, -0.25) is 0 Å². The molecule has 2 N–H and O–H groups in total. The van der Waals surface area contributed by atoms with Gasteiger partial charge in [0.15, 0.2) is 0 Å². The van der Waals surface area contributed by atoms with E-state index in [-0.39, 0.29) is 7.43 Å². The molecule has 2 aromatic rings. The molecule has 1 aromatic carbocycles. The summed E-state index contributed by atoms with van der Waals surface area (Å²) in [6.07, 6.45) is 0. The van der Waals surface area contributed by atoms with Crippen LogP contribution in [-0.2, 0) is 7.05 Å². The highest BCUT2D eigenvalue weighted by Gasteiger charge is 2.13. The first kappa shape index (κ1) is 15.0. The van der Waals surface area contributed by atoms with Gasteiger partial charge in [0.25, 0.3) is 0 Å². The molecule has 7 heteroatoms. The summed E-state index contributed by atoms with van der Waals surface area (Å²) in [6, 6.07) is 7.83. The van der Waals surface area contributed by atoms with Crippen LogP contribution in [0.3, 0.4) is 0 Å². The van der Waals surface area contributed by atoms with E-state index in [0.29, 0.717) is 10.3 Å². The zero-order valence-electron chi connectivity index (χ0n) is 10.5. The molecule has 0 saturated heterocycles. The fraction of sp³-hybridized carbons (Fsp3) is 0.333. The summed E-state index contributed by atoms with van der Waals surface area (Å²) in [5.41, 5.74) is 7.51. The molecule has 0 radical (unpaired) electrons. The molecule has 0 aliphatic rings. The molecule has 1 heterocycles. The molecule has 0 bridgehead atoms. The van der Waals surface area contributed by atoms with Gasteiger partial charge in [0.2, 0.25) is 5.13 Å². The van der Waals surface area contributed by atoms with Crippen LogP contribution in [0.1, 0.15) is 7.43 Å². The minimum Gasteiger partial charge on any atom is -0.378 e. The predicted octanol–water partition coefficient (Wildman–Crippen LogP) is 2.67. The first-order valence-corrected chi connectivity index (χ1v) is 6.19. The van der Waals surface area contributed by atoms with E-state index in [9.17, 15) is 0 Å². The van der Waals surface area contributed by atoms with E-state index in [1.807, 2.05) is 43.3 Å². The average molecular weight is 279 g/mol. The standard InChI is InChI=1S/C11H15N6S.CH4/c1-16(2)9-6-4-8(5-7-9)13-14-11-17(3)15-10(12)18-11;/h4-7H,1-3H3,(H2,12,15);1H4/q+1;. The number of nitrogen functional groups attached to an aromatic ring is 1. The first-order chi connectivity index (χ1) is 8.56. The highest BCUT2D eigenvalue weighted by Crippen LogP contribution is 2.23. The fourth-order valence-electron chi connectivity index (χ4n) is 1.37. The van der Waals surface area contributed by atoms with Crippen molar-refractivity contribution in [1.82, 2.24) is 5.10 Å². The predicted molar refractivity (Wildman–Crippen MR) is 79.4 cm³/mol. The van der Waals surface area contributed by atoms with Crippen molar-refractivity contribution in [2.75, 3.05) is 24.7 Å². The number of hydrogen-bond acceptors (Lipinski definition) is 6. The lowest BCUT2D eigenvalue weighted by molar-refractivity contribution is -0.712. The quantitative estimate of drug-likeness (QED) is 0.693. The maximum Gasteiger partial charge on any atom is 0.431 e. The number of aromatic nitrogens is 2. The maximum absolute atomic E-state index is 5.58. The largest absolute Gasteiger partial charge is 0.431 e. The Morgan fingerprint density at radius 3 is 2.32 bits per heavy atom. The Balaban J connectivity index is 0.00000180. The van der Waals surface area contributed by atoms with Crippen LogP contribution in [0.2, 0.25) is 0 Å². The van der Waals surface area contributed by atoms with Crippen molar-refractivity contribution < 1.29 is 4.68 Å². The summed E-state index contributed by atoms with van der Waals surface area (Å²) in [4.78, 5) is 2.03. The molecule has 2 rings (SSSR count). The minimum absolute atomic E-state index is 0. The zero-order valence-corrected chi connectivity index (χ0v) is 11.3. The SMILES string of the molecule is C.CN(C)c1ccc(N=Nc2sc(N)n[n+]2C)cc1. The molecule has 0 aliphatic carbocycles. The van der Waals surface area contributed by atoms with E-state index in [2.05, 4.69) is 15.3 Å². The summed E-state index contributed by atoms with van der Waals surface area (Å²) in [5.74, 6) is 0. The third kappa shape index (κ3) is 3.72. The summed E-state index contributed by atoms with van der Waals surface area (Å²) >= 11 is 1.30. The van der Waals surface area contributed by atoms with Gasteiger partial charge in [0.05, 0.1) is 5.11 Å². The van der Waals surface area contributed by atoms with Crippen molar-refractivity contribution in [3.63, 3.8) is 0 Å². The van der Waals surface area contributed by atoms with Crippen LogP contribution in [0, 0.1) is 0 Å². The molecule has 0 amide bonds. The highest BCUT2D eigenvalue weighted by molar-refractivity contribution is 7.18. The van der Waals surface area contributed by atoms with Crippen molar-refractivity contribution in [1.29, 1.82) is 0 Å². The van der Waals surface area contributed by atoms with Gasteiger partial charge >= 0.3 is 5.13 Å². The third-order valence-electron chi connectivity index (χ3n) is 2.34. The van der Waals surface area contributed by atoms with E-state index in [1.54, 1.807) is 11.7 Å². The van der Waals surface area contributed by atoms with Crippen LogP contribution in [0.4, 0.5) is 21.6 Å². The van der Waals surface area contributed by atoms with Crippen LogP contribution in [-0.4, -0.2) is 19.2 Å². The number of hydrogen-bond donors (Lipinski definition) is 1. The molecule has 0 atom stereocenters. The van der Waals surface area contributed by atoms with Gasteiger partial charge in [-0.05, 0) is 40.7 Å². The molecule has 19 heavy (non-hydrogen) atoms. The molecule has 0 spiro atoms. The van der Waals surface area contributed by atoms with Crippen molar-refractivity contribution in [2.45, 2.75) is 7.43 Å². The van der Waals surface area contributed by atoms with Gasteiger partial charge in [0.1, 0.15) is 12.7 Å². The summed E-state index contributed by atoms with van der Waals surface area (Å²) in [5, 5.41) is 13.4. The van der Waals surface area contributed by atoms with Crippen LogP contribution in [0.25, 0.3) is 0 Å². The van der Waals surface area contributed by atoms with Gasteiger partial charge < -0.3 is 10.6 Å². The summed E-state index contributed by atoms with van der Waals surface area (Å²) < 4.78 is 1.61. The van der Waals surface area contributed by atoms with Gasteiger partial charge in [-0.25, -0.2) is 0 Å². The fourth-order valence-corrected chi connectivity index (χ4v) is 1.98. The highest BCUT2D eigenvalue weighted by atomic mass is 32.1. The molecule has 0 unspecified atom stereocenters. The number of benzene rings is 1. The minimum atomic E-state index is 0. The maximum atomic E-state index is 5.58. The Hall–Kier alpha value is -2.02. The normalized spacial score (nSPS) is 10.5. The molecule has 0 aliphatic heterocycles. The summed E-state index contributed by atoms with van der Waals surface area (Å²) in [7, 11) is 5.78. The lowest BCUT2D eigenvalue weighted by Crippen LogP contribution is -2.29. The zero-order chi connectivity index (χ0) is 13.1. The number of aryl methyl sites for hydroxylation is 1. The Labute approximate surface area is 117 Å². The van der Waals surface area contributed by atoms with Gasteiger partial charge in [-0.1, -0.05) is 12.5 Å². The van der Waals surface area contributed by atoms with Crippen LogP contribution in [0.15, 0.2) is 34.5 Å². The van der Waals surface area contributed by atoms with Crippen molar-refractivity contribution in [3.8, 4) is 0 Å². The lowest BCUT2D eigenvalue weighted by Gasteiger charge is -2.11. The number of azo groups is 1. The first-order valence-electron chi connectivity index (χ1n) is 5.38. The molecule has 0 saturated carbocycles. The Morgan fingerprint density at radius 2 is 1.84 bits per heavy atom. The van der Waals surface area contributed by atoms with E-state index < -0.39 is 0 Å². The monoisotopic (exact) mass is 279 g/mol. The van der Waals surface area contributed by atoms with E-state index in [1.165, 1.54) is 11.3 Å². The molecular formula is C12H19N6S+.